The Morgan fingerprint density at radius 1 is 1.12 bits per heavy atom. The number of hydrogen-bond acceptors (Lipinski definition) is 10. The van der Waals surface area contributed by atoms with Crippen LogP contribution in [0.3, 0.4) is 0 Å². The molecule has 0 saturated heterocycles. The molecule has 5 aromatic rings. The van der Waals surface area contributed by atoms with Crippen LogP contribution in [0.4, 0.5) is 5.13 Å². The van der Waals surface area contributed by atoms with E-state index in [0.717, 1.165) is 30.5 Å². The second-order valence-electron chi connectivity index (χ2n) is 7.22. The number of anilines is 1. The number of benzene rings is 2. The van der Waals surface area contributed by atoms with Crippen molar-refractivity contribution >= 4 is 66.7 Å². The van der Waals surface area contributed by atoms with Crippen molar-refractivity contribution in [2.75, 3.05) is 18.5 Å². The topological polar surface area (TPSA) is 99.4 Å². The summed E-state index contributed by atoms with van der Waals surface area (Å²) in [6.07, 6.45) is 0. The SMILES string of the molecule is Cc1nnc(SCc2c(C(=O)Nc3nc4cc5c(cc4s3)OCCO5)oc3ccccc23)s1. The number of rotatable bonds is 5. The normalized spacial score (nSPS) is 13.0. The highest BCUT2D eigenvalue weighted by Gasteiger charge is 2.23. The first-order chi connectivity index (χ1) is 16.1. The molecule has 1 aliphatic heterocycles. The van der Waals surface area contributed by atoms with Crippen LogP contribution in [0.2, 0.25) is 0 Å². The quantitative estimate of drug-likeness (QED) is 0.318. The van der Waals surface area contributed by atoms with Gasteiger partial charge in [0, 0.05) is 28.8 Å². The first-order valence-electron chi connectivity index (χ1n) is 10.1. The van der Waals surface area contributed by atoms with Crippen LogP contribution in [0.1, 0.15) is 21.1 Å². The lowest BCUT2D eigenvalue weighted by Gasteiger charge is -2.17. The minimum atomic E-state index is -0.341. The number of thioether (sulfide) groups is 1. The number of hydrogen-bond donors (Lipinski definition) is 1. The predicted octanol–water partition coefficient (Wildman–Crippen LogP) is 5.52. The van der Waals surface area contributed by atoms with Crippen molar-refractivity contribution in [2.45, 2.75) is 17.0 Å². The fraction of sp³-hybridized carbons (Fsp3) is 0.182. The largest absolute Gasteiger partial charge is 0.486 e. The molecule has 0 bridgehead atoms. The number of para-hydroxylation sites is 1. The third-order valence-corrected chi connectivity index (χ3v) is 7.96. The summed E-state index contributed by atoms with van der Waals surface area (Å²) in [4.78, 5) is 17.8. The molecule has 0 aliphatic carbocycles. The van der Waals surface area contributed by atoms with Gasteiger partial charge < -0.3 is 13.9 Å². The maximum atomic E-state index is 13.2. The first kappa shape index (κ1) is 20.5. The molecule has 2 aromatic carbocycles. The Kier molecular flexibility index (Phi) is 5.16. The number of ether oxygens (including phenoxy) is 2. The van der Waals surface area contributed by atoms with Gasteiger partial charge in [0.05, 0.1) is 10.2 Å². The van der Waals surface area contributed by atoms with Gasteiger partial charge in [-0.15, -0.1) is 10.2 Å². The molecule has 8 nitrogen and oxygen atoms in total. The van der Waals surface area contributed by atoms with E-state index in [9.17, 15) is 4.79 Å². The lowest BCUT2D eigenvalue weighted by molar-refractivity contribution is 0.0998. The highest BCUT2D eigenvalue weighted by Crippen LogP contribution is 2.38. The van der Waals surface area contributed by atoms with Crippen molar-refractivity contribution in [2.24, 2.45) is 0 Å². The lowest BCUT2D eigenvalue weighted by Crippen LogP contribution is -2.15. The molecule has 1 amide bonds. The number of carbonyl (C=O) groups is 1. The van der Waals surface area contributed by atoms with E-state index >= 15 is 0 Å². The van der Waals surface area contributed by atoms with Crippen molar-refractivity contribution in [3.63, 3.8) is 0 Å². The zero-order valence-corrected chi connectivity index (χ0v) is 19.7. The number of thiazole rings is 1. The highest BCUT2D eigenvalue weighted by atomic mass is 32.2. The number of furan rings is 1. The number of amides is 1. The second-order valence-corrected chi connectivity index (χ2v) is 10.7. The molecule has 1 aliphatic rings. The Morgan fingerprint density at radius 2 is 1.94 bits per heavy atom. The predicted molar refractivity (Wildman–Crippen MR) is 129 cm³/mol. The fourth-order valence-electron chi connectivity index (χ4n) is 3.57. The molecule has 0 unspecified atom stereocenters. The molecule has 33 heavy (non-hydrogen) atoms. The van der Waals surface area contributed by atoms with E-state index < -0.39 is 0 Å². The summed E-state index contributed by atoms with van der Waals surface area (Å²) in [5, 5.41) is 13.4. The van der Waals surface area contributed by atoms with Crippen molar-refractivity contribution in [3.05, 3.63) is 52.7 Å². The molecule has 0 fully saturated rings. The molecular formula is C22H16N4O4S3. The van der Waals surface area contributed by atoms with Crippen LogP contribution in [0, 0.1) is 6.92 Å². The van der Waals surface area contributed by atoms with Crippen LogP contribution in [0.25, 0.3) is 21.2 Å². The second kappa shape index (κ2) is 8.32. The van der Waals surface area contributed by atoms with Gasteiger partial charge >= 0.3 is 0 Å². The Hall–Kier alpha value is -3.15. The van der Waals surface area contributed by atoms with Gasteiger partial charge in [-0.25, -0.2) is 4.98 Å². The van der Waals surface area contributed by atoms with Gasteiger partial charge in [0.1, 0.15) is 23.8 Å². The number of fused-ring (bicyclic) bond motifs is 3. The smallest absolute Gasteiger partial charge is 0.293 e. The van der Waals surface area contributed by atoms with E-state index in [4.69, 9.17) is 13.9 Å². The van der Waals surface area contributed by atoms with E-state index in [0.29, 0.717) is 41.2 Å². The van der Waals surface area contributed by atoms with Gasteiger partial charge in [0.15, 0.2) is 26.7 Å². The van der Waals surface area contributed by atoms with Crippen molar-refractivity contribution < 1.29 is 18.7 Å². The molecule has 11 heteroatoms. The Bertz CT molecular complexity index is 1460. The van der Waals surface area contributed by atoms with Crippen LogP contribution in [0.15, 0.2) is 45.2 Å². The minimum Gasteiger partial charge on any atom is -0.486 e. The van der Waals surface area contributed by atoms with Gasteiger partial charge in [-0.3, -0.25) is 10.1 Å². The number of aromatic nitrogens is 3. The summed E-state index contributed by atoms with van der Waals surface area (Å²) in [5.74, 6) is 1.83. The summed E-state index contributed by atoms with van der Waals surface area (Å²) in [5.41, 5.74) is 2.23. The highest BCUT2D eigenvalue weighted by molar-refractivity contribution is 8.00. The average Bonchev–Trinajstić information content (AvgIpc) is 3.52. The summed E-state index contributed by atoms with van der Waals surface area (Å²) >= 11 is 4.44. The number of nitrogens with zero attached hydrogens (tertiary/aromatic N) is 3. The summed E-state index contributed by atoms with van der Waals surface area (Å²) in [6, 6.07) is 11.4. The Morgan fingerprint density at radius 3 is 2.76 bits per heavy atom. The molecule has 3 aromatic heterocycles. The molecule has 4 heterocycles. The maximum absolute atomic E-state index is 13.2. The summed E-state index contributed by atoms with van der Waals surface area (Å²) in [7, 11) is 0. The van der Waals surface area contributed by atoms with Crippen LogP contribution < -0.4 is 14.8 Å². The fourth-order valence-corrected chi connectivity index (χ4v) is 6.28. The molecule has 1 N–H and O–H groups in total. The first-order valence-corrected chi connectivity index (χ1v) is 12.7. The summed E-state index contributed by atoms with van der Waals surface area (Å²) in [6.45, 7) is 2.95. The van der Waals surface area contributed by atoms with E-state index in [1.165, 1.54) is 34.4 Å². The van der Waals surface area contributed by atoms with Crippen LogP contribution >= 0.6 is 34.4 Å². The third kappa shape index (κ3) is 3.92. The van der Waals surface area contributed by atoms with E-state index in [1.54, 1.807) is 0 Å². The van der Waals surface area contributed by atoms with Gasteiger partial charge in [-0.1, -0.05) is 52.6 Å². The Balaban J connectivity index is 1.30. The van der Waals surface area contributed by atoms with Gasteiger partial charge in [0.2, 0.25) is 0 Å². The summed E-state index contributed by atoms with van der Waals surface area (Å²) < 4.78 is 19.0. The molecule has 0 radical (unpaired) electrons. The van der Waals surface area contributed by atoms with E-state index in [-0.39, 0.29) is 11.7 Å². The number of nitrogens with one attached hydrogen (secondary N) is 1. The van der Waals surface area contributed by atoms with Crippen molar-refractivity contribution in [1.29, 1.82) is 0 Å². The van der Waals surface area contributed by atoms with Gasteiger partial charge in [-0.2, -0.15) is 0 Å². The number of aryl methyl sites for hydroxylation is 1. The molecule has 0 saturated carbocycles. The van der Waals surface area contributed by atoms with Gasteiger partial charge in [0.25, 0.3) is 5.91 Å². The van der Waals surface area contributed by atoms with Gasteiger partial charge in [-0.05, 0) is 13.0 Å². The average molecular weight is 497 g/mol. The Labute approximate surface area is 199 Å². The molecule has 0 atom stereocenters. The monoisotopic (exact) mass is 496 g/mol. The molecular weight excluding hydrogens is 480 g/mol. The third-order valence-electron chi connectivity index (χ3n) is 5.02. The zero-order valence-electron chi connectivity index (χ0n) is 17.3. The van der Waals surface area contributed by atoms with Crippen molar-refractivity contribution in [1.82, 2.24) is 15.2 Å². The maximum Gasteiger partial charge on any atom is 0.293 e. The lowest BCUT2D eigenvalue weighted by atomic mass is 10.1. The number of carbonyl (C=O) groups excluding carboxylic acids is 1. The van der Waals surface area contributed by atoms with Crippen LogP contribution in [-0.2, 0) is 5.75 Å². The van der Waals surface area contributed by atoms with Crippen LogP contribution in [0.5, 0.6) is 11.5 Å². The van der Waals surface area contributed by atoms with E-state index in [1.807, 2.05) is 43.3 Å². The molecule has 0 spiro atoms. The van der Waals surface area contributed by atoms with E-state index in [2.05, 4.69) is 20.5 Å². The molecule has 6 rings (SSSR count). The minimum absolute atomic E-state index is 0.273. The van der Waals surface area contributed by atoms with Crippen LogP contribution in [-0.4, -0.2) is 34.3 Å². The zero-order chi connectivity index (χ0) is 22.4. The molecule has 166 valence electrons. The van der Waals surface area contributed by atoms with Crippen molar-refractivity contribution in [3.8, 4) is 11.5 Å². The standard InChI is InChI=1S/C22H16N4O4S3/c1-11-25-26-22(32-11)31-10-13-12-4-2-3-5-15(12)30-19(13)20(27)24-21-23-14-8-16-17(9-18(14)33-21)29-7-6-28-16/h2-5,8-9H,6-7,10H2,1H3,(H,23,24,27).